The first kappa shape index (κ1) is 24.8. The minimum absolute atomic E-state index is 0.211. The largest absolute Gasteiger partial charge is 0.497 e. The minimum atomic E-state index is -0.586. The van der Waals surface area contributed by atoms with Gasteiger partial charge < -0.3 is 24.4 Å². The Bertz CT molecular complexity index is 1090. The van der Waals surface area contributed by atoms with Gasteiger partial charge in [-0.1, -0.05) is 17.3 Å². The molecule has 2 unspecified atom stereocenters. The molecule has 1 fully saturated rings. The summed E-state index contributed by atoms with van der Waals surface area (Å²) in [4.78, 5) is 15.2. The van der Waals surface area contributed by atoms with Gasteiger partial charge in [-0.25, -0.2) is 0 Å². The number of hydrogen-bond donors (Lipinski definition) is 2. The van der Waals surface area contributed by atoms with Gasteiger partial charge in [0.1, 0.15) is 23.9 Å². The molecule has 35 heavy (non-hydrogen) atoms. The fourth-order valence-electron chi connectivity index (χ4n) is 4.31. The van der Waals surface area contributed by atoms with Crippen molar-refractivity contribution in [2.75, 3.05) is 20.2 Å². The van der Waals surface area contributed by atoms with Crippen LogP contribution in [0.4, 0.5) is 0 Å². The lowest BCUT2D eigenvalue weighted by Crippen LogP contribution is -2.48. The smallest absolute Gasteiger partial charge is 0.251 e. The number of aryl methyl sites for hydroxylation is 2. The van der Waals surface area contributed by atoms with Crippen molar-refractivity contribution in [3.05, 3.63) is 76.7 Å². The Kier molecular flexibility index (Phi) is 8.05. The first-order valence-corrected chi connectivity index (χ1v) is 11.9. The van der Waals surface area contributed by atoms with E-state index in [1.54, 1.807) is 31.4 Å². The van der Waals surface area contributed by atoms with Gasteiger partial charge >= 0.3 is 0 Å². The molecular formula is C27H33N3O5. The Labute approximate surface area is 205 Å². The van der Waals surface area contributed by atoms with E-state index in [-0.39, 0.29) is 11.9 Å². The van der Waals surface area contributed by atoms with E-state index in [1.165, 1.54) is 5.56 Å². The van der Waals surface area contributed by atoms with Gasteiger partial charge in [-0.3, -0.25) is 9.69 Å². The molecule has 1 aliphatic heterocycles. The van der Waals surface area contributed by atoms with Crippen molar-refractivity contribution in [3.63, 3.8) is 0 Å². The first-order valence-electron chi connectivity index (χ1n) is 11.9. The van der Waals surface area contributed by atoms with Crippen LogP contribution < -0.4 is 14.8 Å². The molecule has 0 radical (unpaired) electrons. The van der Waals surface area contributed by atoms with Gasteiger partial charge in [-0.2, -0.15) is 0 Å². The highest BCUT2D eigenvalue weighted by Crippen LogP contribution is 2.20. The fraction of sp³-hybridized carbons (Fsp3) is 0.407. The minimum Gasteiger partial charge on any atom is -0.497 e. The Morgan fingerprint density at radius 1 is 1.14 bits per heavy atom. The Morgan fingerprint density at radius 2 is 1.86 bits per heavy atom. The normalized spacial score (nSPS) is 18.6. The van der Waals surface area contributed by atoms with Crippen molar-refractivity contribution in [3.8, 4) is 11.5 Å². The van der Waals surface area contributed by atoms with Crippen LogP contribution in [0.3, 0.4) is 0 Å². The number of aliphatic hydroxyl groups is 1. The quantitative estimate of drug-likeness (QED) is 0.509. The maximum atomic E-state index is 12.9. The summed E-state index contributed by atoms with van der Waals surface area (Å²) in [6.45, 7) is 6.28. The maximum absolute atomic E-state index is 12.9. The van der Waals surface area contributed by atoms with E-state index in [2.05, 4.69) is 15.4 Å². The van der Waals surface area contributed by atoms with Crippen molar-refractivity contribution in [2.24, 2.45) is 0 Å². The van der Waals surface area contributed by atoms with Crippen LogP contribution in [0.2, 0.25) is 0 Å². The number of methoxy groups -OCH3 is 1. The standard InChI is InChI=1S/C27H33N3O5/c1-18-24(19(2)35-29-18)17-34-23-12-8-21(9-13-23)27(32)28-25-16-30(14-4-5-26(25)31)15-20-6-10-22(33-3)11-7-20/h6-13,25-26,31H,4-5,14-17H2,1-3H3,(H,28,32). The molecule has 2 N–H and O–H groups in total. The van der Waals surface area contributed by atoms with E-state index < -0.39 is 6.10 Å². The van der Waals surface area contributed by atoms with Crippen LogP contribution >= 0.6 is 0 Å². The number of benzene rings is 2. The van der Waals surface area contributed by atoms with Crippen LogP contribution in [0.1, 0.15) is 45.8 Å². The topological polar surface area (TPSA) is 97.1 Å². The molecule has 3 aromatic rings. The molecule has 8 heteroatoms. The Hall–Kier alpha value is -3.36. The Balaban J connectivity index is 1.34. The summed E-state index contributed by atoms with van der Waals surface area (Å²) in [6, 6.07) is 14.6. The third-order valence-corrected chi connectivity index (χ3v) is 6.46. The number of aliphatic hydroxyl groups excluding tert-OH is 1. The number of nitrogens with one attached hydrogen (secondary N) is 1. The third-order valence-electron chi connectivity index (χ3n) is 6.46. The van der Waals surface area contributed by atoms with E-state index in [1.807, 2.05) is 38.1 Å². The molecule has 1 aliphatic rings. The zero-order chi connectivity index (χ0) is 24.8. The summed E-state index contributed by atoms with van der Waals surface area (Å²) in [5, 5.41) is 17.6. The molecule has 0 saturated carbocycles. The van der Waals surface area contributed by atoms with E-state index in [4.69, 9.17) is 14.0 Å². The molecule has 2 heterocycles. The number of carbonyl (C=O) groups excluding carboxylic acids is 1. The highest BCUT2D eigenvalue weighted by Gasteiger charge is 2.27. The monoisotopic (exact) mass is 479 g/mol. The summed E-state index contributed by atoms with van der Waals surface area (Å²) >= 11 is 0. The van der Waals surface area contributed by atoms with Crippen molar-refractivity contribution >= 4 is 5.91 Å². The first-order chi connectivity index (χ1) is 16.9. The van der Waals surface area contributed by atoms with Crippen LogP contribution in [0, 0.1) is 13.8 Å². The van der Waals surface area contributed by atoms with Crippen LogP contribution in [0.5, 0.6) is 11.5 Å². The number of carbonyl (C=O) groups is 1. The maximum Gasteiger partial charge on any atom is 0.251 e. The highest BCUT2D eigenvalue weighted by molar-refractivity contribution is 5.94. The summed E-state index contributed by atoms with van der Waals surface area (Å²) in [5.41, 5.74) is 3.42. The SMILES string of the molecule is COc1ccc(CN2CCCC(O)C(NC(=O)c3ccc(OCc4c(C)noc4C)cc3)C2)cc1. The van der Waals surface area contributed by atoms with Crippen LogP contribution in [0.15, 0.2) is 53.1 Å². The van der Waals surface area contributed by atoms with E-state index in [0.717, 1.165) is 42.3 Å². The molecule has 0 spiro atoms. The van der Waals surface area contributed by atoms with Gasteiger partial charge in [-0.05, 0) is 75.2 Å². The molecule has 2 aromatic carbocycles. The molecule has 186 valence electrons. The number of amides is 1. The van der Waals surface area contributed by atoms with Crippen molar-refractivity contribution in [2.45, 2.75) is 52.0 Å². The Morgan fingerprint density at radius 3 is 2.51 bits per heavy atom. The lowest BCUT2D eigenvalue weighted by Gasteiger charge is -2.27. The molecule has 1 saturated heterocycles. The second-order valence-electron chi connectivity index (χ2n) is 8.99. The van der Waals surface area contributed by atoms with Gasteiger partial charge in [-0.15, -0.1) is 0 Å². The lowest BCUT2D eigenvalue weighted by molar-refractivity contribution is 0.0798. The lowest BCUT2D eigenvalue weighted by atomic mass is 10.1. The van der Waals surface area contributed by atoms with Crippen LogP contribution in [0.25, 0.3) is 0 Å². The molecule has 1 amide bonds. The third kappa shape index (κ3) is 6.41. The van der Waals surface area contributed by atoms with E-state index >= 15 is 0 Å². The predicted molar refractivity (Wildman–Crippen MR) is 132 cm³/mol. The van der Waals surface area contributed by atoms with Crippen LogP contribution in [-0.4, -0.2) is 53.4 Å². The number of hydrogen-bond acceptors (Lipinski definition) is 7. The molecule has 0 aliphatic carbocycles. The highest BCUT2D eigenvalue weighted by atomic mass is 16.5. The van der Waals surface area contributed by atoms with Gasteiger partial charge in [0.2, 0.25) is 0 Å². The van der Waals surface area contributed by atoms with Gasteiger partial charge in [0.15, 0.2) is 0 Å². The molecule has 4 rings (SSSR count). The van der Waals surface area contributed by atoms with E-state index in [0.29, 0.717) is 30.9 Å². The van der Waals surface area contributed by atoms with Gasteiger partial charge in [0.25, 0.3) is 5.91 Å². The predicted octanol–water partition coefficient (Wildman–Crippen LogP) is 3.63. The van der Waals surface area contributed by atoms with Gasteiger partial charge in [0, 0.05) is 18.7 Å². The average molecular weight is 480 g/mol. The summed E-state index contributed by atoms with van der Waals surface area (Å²) in [7, 11) is 1.65. The van der Waals surface area contributed by atoms with Crippen LogP contribution in [-0.2, 0) is 13.2 Å². The molecular weight excluding hydrogens is 446 g/mol. The van der Waals surface area contributed by atoms with Crippen molar-refractivity contribution < 1.29 is 23.9 Å². The molecule has 1 aromatic heterocycles. The zero-order valence-corrected chi connectivity index (χ0v) is 20.5. The van der Waals surface area contributed by atoms with Crippen molar-refractivity contribution in [1.82, 2.24) is 15.4 Å². The number of rotatable bonds is 8. The second-order valence-corrected chi connectivity index (χ2v) is 8.99. The zero-order valence-electron chi connectivity index (χ0n) is 20.5. The summed E-state index contributed by atoms with van der Waals surface area (Å²) in [6.07, 6.45) is 0.942. The van der Waals surface area contributed by atoms with E-state index in [9.17, 15) is 9.90 Å². The second kappa shape index (κ2) is 11.4. The summed E-state index contributed by atoms with van der Waals surface area (Å²) in [5.74, 6) is 2.01. The van der Waals surface area contributed by atoms with Crippen molar-refractivity contribution in [1.29, 1.82) is 0 Å². The number of aromatic nitrogens is 1. The number of ether oxygens (including phenoxy) is 2. The fourth-order valence-corrected chi connectivity index (χ4v) is 4.31. The van der Waals surface area contributed by atoms with Gasteiger partial charge in [0.05, 0.1) is 30.5 Å². The number of nitrogens with zero attached hydrogens (tertiary/aromatic N) is 2. The summed E-state index contributed by atoms with van der Waals surface area (Å²) < 4.78 is 16.2. The molecule has 0 bridgehead atoms. The molecule has 8 nitrogen and oxygen atoms in total. The molecule has 2 atom stereocenters. The number of likely N-dealkylation sites (tertiary alicyclic amines) is 1. The average Bonchev–Trinajstić information content (AvgIpc) is 3.08.